The molecule has 0 saturated heterocycles. The number of pyridine rings is 1. The zero-order valence-corrected chi connectivity index (χ0v) is 13.5. The maximum absolute atomic E-state index is 11.9. The minimum absolute atomic E-state index is 0.0574. The van der Waals surface area contributed by atoms with Gasteiger partial charge in [-0.05, 0) is 36.1 Å². The molecule has 5 heteroatoms. The predicted molar refractivity (Wildman–Crippen MR) is 90.9 cm³/mol. The van der Waals surface area contributed by atoms with Gasteiger partial charge in [0.05, 0.1) is 18.7 Å². The lowest BCUT2D eigenvalue weighted by atomic mass is 10.0. The summed E-state index contributed by atoms with van der Waals surface area (Å²) in [5.41, 5.74) is 3.17. The number of urea groups is 1. The van der Waals surface area contributed by atoms with E-state index < -0.39 is 0 Å². The van der Waals surface area contributed by atoms with Crippen molar-refractivity contribution >= 4 is 6.03 Å². The highest BCUT2D eigenvalue weighted by molar-refractivity contribution is 5.74. The molecule has 2 amide bonds. The molecule has 0 spiro atoms. The number of rotatable bonds is 6. The minimum atomic E-state index is -0.269. The second kappa shape index (κ2) is 8.29. The summed E-state index contributed by atoms with van der Waals surface area (Å²) in [6.07, 6.45) is 4.26. The van der Waals surface area contributed by atoms with Crippen molar-refractivity contribution in [3.05, 3.63) is 54.4 Å². The Morgan fingerprint density at radius 3 is 2.48 bits per heavy atom. The van der Waals surface area contributed by atoms with E-state index in [1.54, 1.807) is 6.20 Å². The maximum atomic E-state index is 11.9. The Morgan fingerprint density at radius 2 is 1.91 bits per heavy atom. The van der Waals surface area contributed by atoms with E-state index in [2.05, 4.69) is 15.6 Å². The van der Waals surface area contributed by atoms with Gasteiger partial charge in [0.15, 0.2) is 0 Å². The summed E-state index contributed by atoms with van der Waals surface area (Å²) < 4.78 is 0. The molecule has 122 valence electrons. The molecule has 0 aliphatic heterocycles. The molecule has 0 saturated carbocycles. The van der Waals surface area contributed by atoms with E-state index in [0.717, 1.165) is 16.7 Å². The first kappa shape index (κ1) is 17.0. The van der Waals surface area contributed by atoms with Gasteiger partial charge in [-0.15, -0.1) is 0 Å². The van der Waals surface area contributed by atoms with Crippen LogP contribution in [0.5, 0.6) is 0 Å². The quantitative estimate of drug-likeness (QED) is 0.767. The van der Waals surface area contributed by atoms with Crippen LogP contribution >= 0.6 is 0 Å². The molecule has 1 aromatic carbocycles. The van der Waals surface area contributed by atoms with E-state index in [4.69, 9.17) is 5.11 Å². The summed E-state index contributed by atoms with van der Waals surface area (Å²) in [5, 5.41) is 14.7. The molecule has 1 heterocycles. The fourth-order valence-corrected chi connectivity index (χ4v) is 2.28. The fourth-order valence-electron chi connectivity index (χ4n) is 2.28. The van der Waals surface area contributed by atoms with Crippen molar-refractivity contribution in [3.8, 4) is 11.1 Å². The van der Waals surface area contributed by atoms with Crippen molar-refractivity contribution in [2.75, 3.05) is 6.61 Å². The molecule has 2 rings (SSSR count). The van der Waals surface area contributed by atoms with Crippen LogP contribution in [0.3, 0.4) is 0 Å². The van der Waals surface area contributed by atoms with Crippen molar-refractivity contribution in [1.82, 2.24) is 15.6 Å². The molecular weight excluding hydrogens is 290 g/mol. The van der Waals surface area contributed by atoms with E-state index in [1.165, 1.54) is 0 Å². The number of carbonyl (C=O) groups excluding carboxylic acids is 1. The average molecular weight is 313 g/mol. The summed E-state index contributed by atoms with van der Waals surface area (Å²) in [5.74, 6) is 0. The molecule has 0 radical (unpaired) electrons. The number of aromatic nitrogens is 1. The van der Waals surface area contributed by atoms with Gasteiger partial charge in [-0.2, -0.15) is 0 Å². The number of nitrogens with zero attached hydrogens (tertiary/aromatic N) is 1. The molecule has 1 aromatic heterocycles. The van der Waals surface area contributed by atoms with Crippen molar-refractivity contribution in [1.29, 1.82) is 0 Å². The predicted octanol–water partition coefficient (Wildman–Crippen LogP) is 2.88. The molecule has 0 fully saturated rings. The van der Waals surface area contributed by atoms with Gasteiger partial charge in [-0.25, -0.2) is 4.79 Å². The largest absolute Gasteiger partial charge is 0.394 e. The van der Waals surface area contributed by atoms with Crippen LogP contribution < -0.4 is 10.6 Å². The van der Waals surface area contributed by atoms with Gasteiger partial charge in [-0.1, -0.05) is 37.3 Å². The molecule has 3 N–H and O–H groups in total. The van der Waals surface area contributed by atoms with Crippen LogP contribution in [0.2, 0.25) is 0 Å². The number of benzene rings is 1. The van der Waals surface area contributed by atoms with E-state index in [9.17, 15) is 4.79 Å². The van der Waals surface area contributed by atoms with Gasteiger partial charge < -0.3 is 15.7 Å². The fraction of sp³-hybridized carbons (Fsp3) is 0.333. The van der Waals surface area contributed by atoms with Crippen LogP contribution in [-0.2, 0) is 0 Å². The minimum Gasteiger partial charge on any atom is -0.394 e. The lowest BCUT2D eigenvalue weighted by Gasteiger charge is -2.19. The second-order valence-corrected chi connectivity index (χ2v) is 5.49. The summed E-state index contributed by atoms with van der Waals surface area (Å²) in [7, 11) is 0. The highest BCUT2D eigenvalue weighted by Crippen LogP contribution is 2.21. The van der Waals surface area contributed by atoms with Crippen LogP contribution in [0.15, 0.2) is 48.8 Å². The normalized spacial score (nSPS) is 13.2. The van der Waals surface area contributed by atoms with E-state index >= 15 is 0 Å². The first-order valence-electron chi connectivity index (χ1n) is 7.82. The van der Waals surface area contributed by atoms with Crippen molar-refractivity contribution in [2.45, 2.75) is 32.4 Å². The first-order valence-corrected chi connectivity index (χ1v) is 7.82. The second-order valence-electron chi connectivity index (χ2n) is 5.49. The van der Waals surface area contributed by atoms with Crippen LogP contribution in [0, 0.1) is 0 Å². The monoisotopic (exact) mass is 313 g/mol. The molecule has 5 nitrogen and oxygen atoms in total. The zero-order chi connectivity index (χ0) is 16.7. The third kappa shape index (κ3) is 4.79. The number of hydrogen-bond donors (Lipinski definition) is 3. The Balaban J connectivity index is 1.97. The number of aliphatic hydroxyl groups excluding tert-OH is 1. The Hall–Kier alpha value is -2.40. The molecular formula is C18H23N3O2. The standard InChI is InChI=1S/C18H23N3O2/c1-3-17(12-22)21-18(23)20-13(2)14-6-8-15(9-7-14)16-5-4-10-19-11-16/h4-11,13,17,22H,3,12H2,1-2H3,(H2,20,21,23)/t13-,17+/m0/s1. The number of hydrogen-bond acceptors (Lipinski definition) is 3. The number of nitrogens with one attached hydrogen (secondary N) is 2. The summed E-state index contributed by atoms with van der Waals surface area (Å²) >= 11 is 0. The molecule has 0 bridgehead atoms. The van der Waals surface area contributed by atoms with Gasteiger partial charge in [0.1, 0.15) is 0 Å². The zero-order valence-electron chi connectivity index (χ0n) is 13.5. The van der Waals surface area contributed by atoms with Gasteiger partial charge in [-0.3, -0.25) is 4.98 Å². The van der Waals surface area contributed by atoms with Gasteiger partial charge in [0.2, 0.25) is 0 Å². The Bertz CT molecular complexity index is 610. The number of amides is 2. The molecule has 23 heavy (non-hydrogen) atoms. The van der Waals surface area contributed by atoms with E-state index in [1.807, 2.05) is 56.4 Å². The molecule has 0 aliphatic rings. The molecule has 2 aromatic rings. The topological polar surface area (TPSA) is 74.2 Å². The summed E-state index contributed by atoms with van der Waals surface area (Å²) in [6, 6.07) is 11.3. The smallest absolute Gasteiger partial charge is 0.315 e. The Morgan fingerprint density at radius 1 is 1.17 bits per heavy atom. The highest BCUT2D eigenvalue weighted by Gasteiger charge is 2.12. The molecule has 2 atom stereocenters. The molecule has 0 aliphatic carbocycles. The van der Waals surface area contributed by atoms with Crippen LogP contribution in [0.25, 0.3) is 11.1 Å². The van der Waals surface area contributed by atoms with Crippen LogP contribution in [0.4, 0.5) is 4.79 Å². The van der Waals surface area contributed by atoms with Crippen LogP contribution in [-0.4, -0.2) is 28.8 Å². The third-order valence-electron chi connectivity index (χ3n) is 3.80. The SMILES string of the molecule is CC[C@H](CO)NC(=O)N[C@@H](C)c1ccc(-c2cccnc2)cc1. The van der Waals surface area contributed by atoms with Gasteiger partial charge in [0.25, 0.3) is 0 Å². The Kier molecular flexibility index (Phi) is 6.11. The van der Waals surface area contributed by atoms with E-state index in [0.29, 0.717) is 6.42 Å². The van der Waals surface area contributed by atoms with E-state index in [-0.39, 0.29) is 24.7 Å². The lowest BCUT2D eigenvalue weighted by Crippen LogP contribution is -2.44. The van der Waals surface area contributed by atoms with Crippen molar-refractivity contribution in [2.24, 2.45) is 0 Å². The summed E-state index contributed by atoms with van der Waals surface area (Å²) in [6.45, 7) is 3.79. The number of carbonyl (C=O) groups is 1. The van der Waals surface area contributed by atoms with Crippen LogP contribution in [0.1, 0.15) is 31.9 Å². The molecule has 0 unspecified atom stereocenters. The van der Waals surface area contributed by atoms with Crippen molar-refractivity contribution in [3.63, 3.8) is 0 Å². The van der Waals surface area contributed by atoms with Gasteiger partial charge >= 0.3 is 6.03 Å². The third-order valence-corrected chi connectivity index (χ3v) is 3.80. The van der Waals surface area contributed by atoms with Gasteiger partial charge in [0, 0.05) is 12.4 Å². The number of aliphatic hydroxyl groups is 1. The maximum Gasteiger partial charge on any atom is 0.315 e. The Labute approximate surface area is 136 Å². The lowest BCUT2D eigenvalue weighted by molar-refractivity contribution is 0.212. The highest BCUT2D eigenvalue weighted by atomic mass is 16.3. The summed E-state index contributed by atoms with van der Waals surface area (Å²) in [4.78, 5) is 16.0. The average Bonchev–Trinajstić information content (AvgIpc) is 2.60. The van der Waals surface area contributed by atoms with Crippen molar-refractivity contribution < 1.29 is 9.90 Å². The first-order chi connectivity index (χ1) is 11.1.